The first-order chi connectivity index (χ1) is 6.63. The number of hydrogen-bond donors (Lipinski definition) is 1. The molecule has 1 aromatic heterocycles. The third-order valence-electron chi connectivity index (χ3n) is 1.98. The molecule has 1 aromatic rings. The molecule has 3 nitrogen and oxygen atoms in total. The van der Waals surface area contributed by atoms with Gasteiger partial charge in [0.25, 0.3) is 0 Å². The quantitative estimate of drug-likeness (QED) is 0.787. The molecule has 0 radical (unpaired) electrons. The molecule has 0 aliphatic carbocycles. The molecular weight excluding hydrogens is 178 g/mol. The summed E-state index contributed by atoms with van der Waals surface area (Å²) < 4.78 is 10.6. The molecule has 1 heterocycles. The number of furan rings is 1. The van der Waals surface area contributed by atoms with E-state index in [2.05, 4.69) is 26.1 Å². The monoisotopic (exact) mass is 197 g/mol. The Morgan fingerprint density at radius 3 is 2.64 bits per heavy atom. The van der Waals surface area contributed by atoms with Crippen molar-refractivity contribution in [1.29, 1.82) is 0 Å². The first-order valence-corrected chi connectivity index (χ1v) is 4.97. The molecule has 1 unspecified atom stereocenters. The highest BCUT2D eigenvalue weighted by atomic mass is 16.5. The Balaban J connectivity index is 2.57. The van der Waals surface area contributed by atoms with Crippen LogP contribution in [0.25, 0.3) is 0 Å². The van der Waals surface area contributed by atoms with Gasteiger partial charge in [0, 0.05) is 13.2 Å². The van der Waals surface area contributed by atoms with Crippen LogP contribution in [0.1, 0.15) is 38.3 Å². The molecule has 80 valence electrons. The number of rotatable bonds is 5. The highest BCUT2D eigenvalue weighted by Gasteiger charge is 2.10. The molecule has 3 heteroatoms. The number of ether oxygens (including phenoxy) is 1. The minimum atomic E-state index is 0.251. The smallest absolute Gasteiger partial charge is 0.129 e. The largest absolute Gasteiger partial charge is 0.462 e. The van der Waals surface area contributed by atoms with Crippen LogP contribution in [0.15, 0.2) is 16.5 Å². The zero-order valence-electron chi connectivity index (χ0n) is 9.33. The van der Waals surface area contributed by atoms with Crippen molar-refractivity contribution >= 4 is 0 Å². The summed E-state index contributed by atoms with van der Waals surface area (Å²) in [6.07, 6.45) is 0. The van der Waals surface area contributed by atoms with Crippen molar-refractivity contribution in [2.45, 2.75) is 39.5 Å². The second-order valence-electron chi connectivity index (χ2n) is 3.78. The van der Waals surface area contributed by atoms with Gasteiger partial charge in [-0.05, 0) is 19.1 Å². The van der Waals surface area contributed by atoms with Crippen LogP contribution in [-0.4, -0.2) is 13.2 Å². The second kappa shape index (κ2) is 5.17. The van der Waals surface area contributed by atoms with E-state index in [0.29, 0.717) is 12.6 Å². The van der Waals surface area contributed by atoms with Crippen molar-refractivity contribution < 1.29 is 9.15 Å². The molecule has 1 atom stereocenters. The van der Waals surface area contributed by atoms with Gasteiger partial charge >= 0.3 is 0 Å². The third-order valence-corrected chi connectivity index (χ3v) is 1.98. The summed E-state index contributed by atoms with van der Waals surface area (Å²) in [5, 5.41) is 3.38. The molecular formula is C11H19NO2. The molecule has 0 spiro atoms. The van der Waals surface area contributed by atoms with Gasteiger partial charge in [-0.2, -0.15) is 0 Å². The van der Waals surface area contributed by atoms with E-state index in [9.17, 15) is 0 Å². The lowest BCUT2D eigenvalue weighted by Crippen LogP contribution is -2.25. The van der Waals surface area contributed by atoms with Crippen LogP contribution in [-0.2, 0) is 11.3 Å². The molecule has 1 N–H and O–H groups in total. The standard InChI is InChI=1S/C11H19NO2/c1-8(2)12-9(3)11-6-5-10(14-11)7-13-4/h5-6,8-9,12H,7H2,1-4H3. The Kier molecular flexibility index (Phi) is 4.17. The lowest BCUT2D eigenvalue weighted by atomic mass is 10.2. The average Bonchev–Trinajstić information content (AvgIpc) is 2.52. The molecule has 0 aliphatic heterocycles. The maximum atomic E-state index is 5.60. The van der Waals surface area contributed by atoms with Crippen LogP contribution < -0.4 is 5.32 Å². The van der Waals surface area contributed by atoms with Gasteiger partial charge in [0.15, 0.2) is 0 Å². The third kappa shape index (κ3) is 3.16. The Morgan fingerprint density at radius 2 is 2.07 bits per heavy atom. The van der Waals surface area contributed by atoms with E-state index in [-0.39, 0.29) is 6.04 Å². The first kappa shape index (κ1) is 11.3. The lowest BCUT2D eigenvalue weighted by Gasteiger charge is -2.14. The van der Waals surface area contributed by atoms with Gasteiger partial charge in [0.05, 0.1) is 6.04 Å². The van der Waals surface area contributed by atoms with Gasteiger partial charge in [-0.3, -0.25) is 0 Å². The van der Waals surface area contributed by atoms with Gasteiger partial charge in [-0.1, -0.05) is 13.8 Å². The van der Waals surface area contributed by atoms with E-state index in [4.69, 9.17) is 9.15 Å². The van der Waals surface area contributed by atoms with E-state index in [1.54, 1.807) is 7.11 Å². The summed E-state index contributed by atoms with van der Waals surface area (Å²) in [4.78, 5) is 0. The highest BCUT2D eigenvalue weighted by Crippen LogP contribution is 2.17. The molecule has 0 amide bonds. The van der Waals surface area contributed by atoms with Crippen molar-refractivity contribution in [2.75, 3.05) is 7.11 Å². The van der Waals surface area contributed by atoms with E-state index >= 15 is 0 Å². The predicted octanol–water partition coefficient (Wildman–Crippen LogP) is 2.49. The Morgan fingerprint density at radius 1 is 1.36 bits per heavy atom. The second-order valence-corrected chi connectivity index (χ2v) is 3.78. The van der Waals surface area contributed by atoms with E-state index in [0.717, 1.165) is 11.5 Å². The molecule has 0 aromatic carbocycles. The first-order valence-electron chi connectivity index (χ1n) is 4.97. The van der Waals surface area contributed by atoms with Gasteiger partial charge in [-0.25, -0.2) is 0 Å². The molecule has 14 heavy (non-hydrogen) atoms. The zero-order chi connectivity index (χ0) is 10.6. The number of nitrogens with one attached hydrogen (secondary N) is 1. The molecule has 0 saturated heterocycles. The van der Waals surface area contributed by atoms with Crippen LogP contribution in [0.2, 0.25) is 0 Å². The van der Waals surface area contributed by atoms with Crippen LogP contribution in [0.4, 0.5) is 0 Å². The van der Waals surface area contributed by atoms with Crippen molar-refractivity contribution in [3.63, 3.8) is 0 Å². The summed E-state index contributed by atoms with van der Waals surface area (Å²) in [7, 11) is 1.66. The molecule has 0 aliphatic rings. The number of hydrogen-bond acceptors (Lipinski definition) is 3. The van der Waals surface area contributed by atoms with E-state index in [1.165, 1.54) is 0 Å². The van der Waals surface area contributed by atoms with Crippen molar-refractivity contribution in [2.24, 2.45) is 0 Å². The van der Waals surface area contributed by atoms with Crippen LogP contribution in [0.5, 0.6) is 0 Å². The van der Waals surface area contributed by atoms with Gasteiger partial charge < -0.3 is 14.5 Å². The summed E-state index contributed by atoms with van der Waals surface area (Å²) in [5.74, 6) is 1.84. The van der Waals surface area contributed by atoms with Crippen molar-refractivity contribution in [1.82, 2.24) is 5.32 Å². The Hall–Kier alpha value is -0.800. The fourth-order valence-corrected chi connectivity index (χ4v) is 1.43. The SMILES string of the molecule is COCc1ccc(C(C)NC(C)C)o1. The Bertz CT molecular complexity index is 268. The van der Waals surface area contributed by atoms with E-state index < -0.39 is 0 Å². The Labute approximate surface area is 85.4 Å². The van der Waals surface area contributed by atoms with E-state index in [1.807, 2.05) is 12.1 Å². The van der Waals surface area contributed by atoms with Crippen LogP contribution >= 0.6 is 0 Å². The normalized spacial score (nSPS) is 13.5. The summed E-state index contributed by atoms with van der Waals surface area (Å²) in [5.41, 5.74) is 0. The van der Waals surface area contributed by atoms with Gasteiger partial charge in [-0.15, -0.1) is 0 Å². The number of methoxy groups -OCH3 is 1. The molecule has 0 fully saturated rings. The fraction of sp³-hybridized carbons (Fsp3) is 0.636. The van der Waals surface area contributed by atoms with Crippen molar-refractivity contribution in [3.05, 3.63) is 23.7 Å². The fourth-order valence-electron chi connectivity index (χ4n) is 1.43. The zero-order valence-corrected chi connectivity index (χ0v) is 9.33. The predicted molar refractivity (Wildman–Crippen MR) is 56.1 cm³/mol. The van der Waals surface area contributed by atoms with Crippen molar-refractivity contribution in [3.8, 4) is 0 Å². The lowest BCUT2D eigenvalue weighted by molar-refractivity contribution is 0.161. The maximum Gasteiger partial charge on any atom is 0.129 e. The summed E-state index contributed by atoms with van der Waals surface area (Å²) in [6.45, 7) is 6.87. The topological polar surface area (TPSA) is 34.4 Å². The van der Waals surface area contributed by atoms with Crippen LogP contribution in [0.3, 0.4) is 0 Å². The summed E-state index contributed by atoms with van der Waals surface area (Å²) >= 11 is 0. The molecule has 0 bridgehead atoms. The molecule has 0 saturated carbocycles. The highest BCUT2D eigenvalue weighted by molar-refractivity contribution is 5.09. The van der Waals surface area contributed by atoms with Gasteiger partial charge in [0.2, 0.25) is 0 Å². The molecule has 1 rings (SSSR count). The minimum Gasteiger partial charge on any atom is -0.462 e. The van der Waals surface area contributed by atoms with Gasteiger partial charge in [0.1, 0.15) is 18.1 Å². The van der Waals surface area contributed by atoms with Crippen LogP contribution in [0, 0.1) is 0 Å². The maximum absolute atomic E-state index is 5.60. The summed E-state index contributed by atoms with van der Waals surface area (Å²) in [6, 6.07) is 4.66. The minimum absolute atomic E-state index is 0.251. The average molecular weight is 197 g/mol.